The molecule has 0 aromatic heterocycles. The molecule has 0 N–H and O–H groups in total. The number of hydrogen-bond acceptors (Lipinski definition) is 0. The number of rotatable bonds is 1. The molecule has 0 saturated heterocycles. The standard InChI is InChI=1S/C28H14F6/c1-2-16-12-24(30)22(25(31)13-16)10-6-18-4-8-19(23(29)14-18)7-3-17-5-9-21-20(11-17)15-26(32)28(34)27(21)33/h4-5,8-9,11-15H,2H2,1H3. The van der Waals surface area contributed by atoms with Gasteiger partial charge in [0.25, 0.3) is 0 Å². The average molecular weight is 464 g/mol. The van der Waals surface area contributed by atoms with Gasteiger partial charge in [0.1, 0.15) is 17.5 Å². The largest absolute Gasteiger partial charge is 0.206 e. The van der Waals surface area contributed by atoms with Gasteiger partial charge in [0.05, 0.1) is 11.1 Å². The number of benzene rings is 4. The van der Waals surface area contributed by atoms with Gasteiger partial charge < -0.3 is 0 Å². The van der Waals surface area contributed by atoms with Gasteiger partial charge in [-0.2, -0.15) is 0 Å². The molecule has 0 aliphatic rings. The number of halogens is 6. The number of aryl methyl sites for hydroxylation is 1. The highest BCUT2D eigenvalue weighted by molar-refractivity contribution is 5.84. The van der Waals surface area contributed by atoms with Crippen molar-refractivity contribution in [2.75, 3.05) is 0 Å². The second-order valence-corrected chi connectivity index (χ2v) is 7.40. The van der Waals surface area contributed by atoms with Crippen LogP contribution >= 0.6 is 0 Å². The molecule has 4 aromatic carbocycles. The Kier molecular flexibility index (Phi) is 6.34. The summed E-state index contributed by atoms with van der Waals surface area (Å²) in [5.41, 5.74) is 0.656. The van der Waals surface area contributed by atoms with E-state index < -0.39 is 40.5 Å². The van der Waals surface area contributed by atoms with E-state index in [4.69, 9.17) is 0 Å². The summed E-state index contributed by atoms with van der Waals surface area (Å²) < 4.78 is 83.3. The summed E-state index contributed by atoms with van der Waals surface area (Å²) in [6, 6.07) is 11.2. The summed E-state index contributed by atoms with van der Waals surface area (Å²) in [5, 5.41) is 0.0106. The van der Waals surface area contributed by atoms with Crippen LogP contribution in [0.4, 0.5) is 26.3 Å². The number of hydrogen-bond donors (Lipinski definition) is 0. The Morgan fingerprint density at radius 1 is 0.588 bits per heavy atom. The van der Waals surface area contributed by atoms with Gasteiger partial charge in [-0.15, -0.1) is 0 Å². The van der Waals surface area contributed by atoms with E-state index in [2.05, 4.69) is 23.7 Å². The Balaban J connectivity index is 1.61. The molecule has 168 valence electrons. The Hall–Kier alpha value is -4.16. The van der Waals surface area contributed by atoms with E-state index in [1.807, 2.05) is 0 Å². The first-order chi connectivity index (χ1) is 16.3. The van der Waals surface area contributed by atoms with Crippen LogP contribution in [0.3, 0.4) is 0 Å². The molecule has 0 aliphatic carbocycles. The highest BCUT2D eigenvalue weighted by Gasteiger charge is 2.13. The van der Waals surface area contributed by atoms with Crippen LogP contribution in [-0.4, -0.2) is 0 Å². The van der Waals surface area contributed by atoms with Crippen LogP contribution in [0.5, 0.6) is 0 Å². The highest BCUT2D eigenvalue weighted by atomic mass is 19.2. The Morgan fingerprint density at radius 3 is 1.91 bits per heavy atom. The lowest BCUT2D eigenvalue weighted by Gasteiger charge is -2.03. The fourth-order valence-electron chi connectivity index (χ4n) is 3.30. The first-order valence-electron chi connectivity index (χ1n) is 10.2. The lowest BCUT2D eigenvalue weighted by molar-refractivity contribution is 0.453. The first kappa shape index (κ1) is 23.0. The SMILES string of the molecule is CCc1cc(F)c(C#Cc2ccc(C#Cc3ccc4c(F)c(F)c(F)cc4c3)c(F)c2)c(F)c1. The molecule has 34 heavy (non-hydrogen) atoms. The van der Waals surface area contributed by atoms with Crippen LogP contribution in [0.2, 0.25) is 0 Å². The lowest BCUT2D eigenvalue weighted by Crippen LogP contribution is -1.94. The fraction of sp³-hybridized carbons (Fsp3) is 0.0714. The summed E-state index contributed by atoms with van der Waals surface area (Å²) in [7, 11) is 0. The molecule has 0 spiro atoms. The molecular weight excluding hydrogens is 450 g/mol. The summed E-state index contributed by atoms with van der Waals surface area (Å²) >= 11 is 0. The van der Waals surface area contributed by atoms with E-state index in [1.165, 1.54) is 42.5 Å². The van der Waals surface area contributed by atoms with Crippen LogP contribution in [0, 0.1) is 58.6 Å². The van der Waals surface area contributed by atoms with Gasteiger partial charge in [0.2, 0.25) is 0 Å². The van der Waals surface area contributed by atoms with Crippen molar-refractivity contribution in [2.24, 2.45) is 0 Å². The number of fused-ring (bicyclic) bond motifs is 1. The van der Waals surface area contributed by atoms with E-state index in [9.17, 15) is 26.3 Å². The van der Waals surface area contributed by atoms with Gasteiger partial charge in [-0.3, -0.25) is 0 Å². The maximum atomic E-state index is 14.5. The second kappa shape index (κ2) is 9.37. The monoisotopic (exact) mass is 464 g/mol. The third kappa shape index (κ3) is 4.63. The smallest absolute Gasteiger partial charge is 0.195 e. The van der Waals surface area contributed by atoms with Gasteiger partial charge in [-0.25, -0.2) is 26.3 Å². The molecule has 0 unspecified atom stereocenters. The third-order valence-corrected chi connectivity index (χ3v) is 5.13. The zero-order valence-electron chi connectivity index (χ0n) is 17.7. The van der Waals surface area contributed by atoms with E-state index in [0.717, 1.165) is 12.1 Å². The molecule has 0 fully saturated rings. The van der Waals surface area contributed by atoms with Gasteiger partial charge in [0, 0.05) is 16.5 Å². The van der Waals surface area contributed by atoms with Crippen LogP contribution in [0.15, 0.2) is 54.6 Å². The van der Waals surface area contributed by atoms with Crippen molar-refractivity contribution in [3.8, 4) is 23.7 Å². The van der Waals surface area contributed by atoms with E-state index in [0.29, 0.717) is 17.5 Å². The zero-order valence-corrected chi connectivity index (χ0v) is 17.7. The molecule has 0 bridgehead atoms. The van der Waals surface area contributed by atoms with Crippen LogP contribution in [0.1, 0.15) is 34.7 Å². The van der Waals surface area contributed by atoms with E-state index >= 15 is 0 Å². The first-order valence-corrected chi connectivity index (χ1v) is 10.2. The molecule has 0 nitrogen and oxygen atoms in total. The minimum absolute atomic E-state index is 0.0202. The van der Waals surface area contributed by atoms with Crippen molar-refractivity contribution in [2.45, 2.75) is 13.3 Å². The summed E-state index contributed by atoms with van der Waals surface area (Å²) in [4.78, 5) is 0. The molecule has 6 heteroatoms. The van der Waals surface area contributed by atoms with E-state index in [-0.39, 0.29) is 21.9 Å². The Morgan fingerprint density at radius 2 is 1.24 bits per heavy atom. The van der Waals surface area contributed by atoms with Gasteiger partial charge in [0.15, 0.2) is 17.5 Å². The quantitative estimate of drug-likeness (QED) is 0.161. The lowest BCUT2D eigenvalue weighted by atomic mass is 10.1. The summed E-state index contributed by atoms with van der Waals surface area (Å²) in [6.45, 7) is 1.77. The molecule has 0 heterocycles. The van der Waals surface area contributed by atoms with Gasteiger partial charge in [-0.1, -0.05) is 36.7 Å². The van der Waals surface area contributed by atoms with Crippen LogP contribution < -0.4 is 0 Å². The van der Waals surface area contributed by atoms with Crippen LogP contribution in [-0.2, 0) is 6.42 Å². The van der Waals surface area contributed by atoms with Crippen LogP contribution in [0.25, 0.3) is 10.8 Å². The Bertz CT molecular complexity index is 1540. The van der Waals surface area contributed by atoms with Crippen molar-refractivity contribution in [3.63, 3.8) is 0 Å². The predicted octanol–water partition coefficient (Wildman–Crippen LogP) is 7.04. The molecular formula is C28H14F6. The molecule has 0 aliphatic heterocycles. The predicted molar refractivity (Wildman–Crippen MR) is 118 cm³/mol. The van der Waals surface area contributed by atoms with Crippen molar-refractivity contribution >= 4 is 10.8 Å². The fourth-order valence-corrected chi connectivity index (χ4v) is 3.30. The minimum Gasteiger partial charge on any atom is -0.206 e. The molecule has 0 amide bonds. The van der Waals surface area contributed by atoms with Crippen molar-refractivity contribution in [1.82, 2.24) is 0 Å². The molecule has 4 rings (SSSR count). The molecule has 0 saturated carbocycles. The zero-order chi connectivity index (χ0) is 24.4. The normalized spacial score (nSPS) is 10.4. The maximum Gasteiger partial charge on any atom is 0.195 e. The highest BCUT2D eigenvalue weighted by Crippen LogP contribution is 2.24. The second-order valence-electron chi connectivity index (χ2n) is 7.40. The van der Waals surface area contributed by atoms with Crippen molar-refractivity contribution in [3.05, 3.63) is 117 Å². The Labute approximate surface area is 191 Å². The average Bonchev–Trinajstić information content (AvgIpc) is 2.81. The molecule has 0 radical (unpaired) electrons. The molecule has 4 aromatic rings. The topological polar surface area (TPSA) is 0 Å². The summed E-state index contributed by atoms with van der Waals surface area (Å²) in [6.07, 6.45) is 0.473. The minimum atomic E-state index is -1.56. The third-order valence-electron chi connectivity index (χ3n) is 5.13. The maximum absolute atomic E-state index is 14.5. The van der Waals surface area contributed by atoms with Crippen molar-refractivity contribution in [1.29, 1.82) is 0 Å². The summed E-state index contributed by atoms with van der Waals surface area (Å²) in [5.74, 6) is 3.78. The van der Waals surface area contributed by atoms with E-state index in [1.54, 1.807) is 6.92 Å². The van der Waals surface area contributed by atoms with Gasteiger partial charge in [-0.05, 0) is 65.9 Å². The van der Waals surface area contributed by atoms with Crippen molar-refractivity contribution < 1.29 is 26.3 Å². The molecule has 0 atom stereocenters. The van der Waals surface area contributed by atoms with Gasteiger partial charge >= 0.3 is 0 Å².